The quantitative estimate of drug-likeness (QED) is 0.362. The number of nitrogens with one attached hydrogen (secondary N) is 1. The molecule has 1 amide bonds. The standard InChI is InChI=1S/C29H26F3N3O3/c30-29(31,32)19-5-3-6-20(15-19)34-11-13-35(14-12-34)27(36)16-23(22-8-4-10-26-28(22)38-18-37-26)24-17-33-25-9-2-1-7-21(24)25/h1-10,15,17,23,33H,11-14,16,18H2. The molecule has 0 saturated carbocycles. The molecule has 1 unspecified atom stereocenters. The molecule has 0 radical (unpaired) electrons. The number of H-pyrrole nitrogens is 1. The summed E-state index contributed by atoms with van der Waals surface area (Å²) in [5.41, 5.74) is 2.72. The number of amides is 1. The summed E-state index contributed by atoms with van der Waals surface area (Å²) in [5, 5.41) is 1.04. The average molecular weight is 522 g/mol. The van der Waals surface area contributed by atoms with Crippen LogP contribution in [0, 0.1) is 0 Å². The minimum atomic E-state index is -4.39. The van der Waals surface area contributed by atoms with Crippen LogP contribution >= 0.6 is 0 Å². The van der Waals surface area contributed by atoms with Crippen LogP contribution < -0.4 is 14.4 Å². The predicted molar refractivity (Wildman–Crippen MR) is 138 cm³/mol. The minimum Gasteiger partial charge on any atom is -0.454 e. The van der Waals surface area contributed by atoms with Gasteiger partial charge in [0.05, 0.1) is 5.56 Å². The number of aromatic nitrogens is 1. The maximum atomic E-state index is 13.6. The van der Waals surface area contributed by atoms with E-state index in [0.29, 0.717) is 43.4 Å². The van der Waals surface area contributed by atoms with Crippen LogP contribution in [0.4, 0.5) is 18.9 Å². The highest BCUT2D eigenvalue weighted by Crippen LogP contribution is 2.44. The van der Waals surface area contributed by atoms with Crippen molar-refractivity contribution in [2.75, 3.05) is 37.9 Å². The number of carbonyl (C=O) groups excluding carboxylic acids is 1. The number of halogens is 3. The topological polar surface area (TPSA) is 57.8 Å². The van der Waals surface area contributed by atoms with Crippen molar-refractivity contribution in [2.24, 2.45) is 0 Å². The monoisotopic (exact) mass is 521 g/mol. The molecule has 3 heterocycles. The van der Waals surface area contributed by atoms with Crippen molar-refractivity contribution >= 4 is 22.5 Å². The number of rotatable bonds is 5. The van der Waals surface area contributed by atoms with E-state index in [4.69, 9.17) is 9.47 Å². The smallest absolute Gasteiger partial charge is 0.416 e. The van der Waals surface area contributed by atoms with Crippen LogP contribution in [-0.4, -0.2) is 48.8 Å². The third kappa shape index (κ3) is 4.53. The van der Waals surface area contributed by atoms with Gasteiger partial charge in [0.15, 0.2) is 11.5 Å². The fourth-order valence-electron chi connectivity index (χ4n) is 5.39. The van der Waals surface area contributed by atoms with E-state index >= 15 is 0 Å². The zero-order chi connectivity index (χ0) is 26.3. The van der Waals surface area contributed by atoms with Crippen LogP contribution in [-0.2, 0) is 11.0 Å². The molecule has 1 fully saturated rings. The summed E-state index contributed by atoms with van der Waals surface area (Å²) < 4.78 is 50.9. The summed E-state index contributed by atoms with van der Waals surface area (Å²) >= 11 is 0. The number of aromatic amines is 1. The molecule has 196 valence electrons. The summed E-state index contributed by atoms with van der Waals surface area (Å²) in [6, 6.07) is 19.0. The van der Waals surface area contributed by atoms with Gasteiger partial charge in [-0.2, -0.15) is 13.2 Å². The molecule has 6 nitrogen and oxygen atoms in total. The fraction of sp³-hybridized carbons (Fsp3) is 0.276. The molecule has 1 atom stereocenters. The zero-order valence-corrected chi connectivity index (χ0v) is 20.5. The lowest BCUT2D eigenvalue weighted by Crippen LogP contribution is -2.49. The molecule has 1 N–H and O–H groups in total. The highest BCUT2D eigenvalue weighted by molar-refractivity contribution is 5.86. The lowest BCUT2D eigenvalue weighted by Gasteiger charge is -2.37. The van der Waals surface area contributed by atoms with Crippen LogP contribution in [0.1, 0.15) is 29.0 Å². The number of hydrogen-bond acceptors (Lipinski definition) is 4. The molecule has 0 spiro atoms. The van der Waals surface area contributed by atoms with Crippen molar-refractivity contribution in [1.82, 2.24) is 9.88 Å². The molecule has 9 heteroatoms. The van der Waals surface area contributed by atoms with Crippen LogP contribution in [0.25, 0.3) is 10.9 Å². The summed E-state index contributed by atoms with van der Waals surface area (Å²) in [6.45, 7) is 1.92. The highest BCUT2D eigenvalue weighted by atomic mass is 19.4. The Kier molecular flexibility index (Phi) is 6.13. The Morgan fingerprint density at radius 1 is 0.921 bits per heavy atom. The van der Waals surface area contributed by atoms with E-state index < -0.39 is 11.7 Å². The Bertz CT molecular complexity index is 1470. The molecule has 38 heavy (non-hydrogen) atoms. The molecule has 1 saturated heterocycles. The van der Waals surface area contributed by atoms with Gasteiger partial charge in [-0.15, -0.1) is 0 Å². The molecule has 1 aromatic heterocycles. The van der Waals surface area contributed by atoms with E-state index in [2.05, 4.69) is 4.98 Å². The number of benzene rings is 3. The predicted octanol–water partition coefficient (Wildman–Crippen LogP) is 5.79. The van der Waals surface area contributed by atoms with Crippen molar-refractivity contribution < 1.29 is 27.4 Å². The second kappa shape index (κ2) is 9.63. The second-order valence-electron chi connectivity index (χ2n) is 9.54. The molecular formula is C29H26F3N3O3. The van der Waals surface area contributed by atoms with E-state index in [-0.39, 0.29) is 25.0 Å². The zero-order valence-electron chi connectivity index (χ0n) is 20.5. The Labute approximate surface area is 217 Å². The first kappa shape index (κ1) is 24.2. The summed E-state index contributed by atoms with van der Waals surface area (Å²) in [6.07, 6.45) is -2.22. The van der Waals surface area contributed by atoms with Gasteiger partial charge in [-0.25, -0.2) is 0 Å². The maximum Gasteiger partial charge on any atom is 0.416 e. The summed E-state index contributed by atoms with van der Waals surface area (Å²) in [4.78, 5) is 20.6. The van der Waals surface area contributed by atoms with Crippen LogP contribution in [0.3, 0.4) is 0 Å². The lowest BCUT2D eigenvalue weighted by atomic mass is 9.87. The maximum absolute atomic E-state index is 13.6. The molecule has 6 rings (SSSR count). The van der Waals surface area contributed by atoms with Gasteiger partial charge < -0.3 is 24.3 Å². The van der Waals surface area contributed by atoms with Crippen molar-refractivity contribution in [3.05, 3.63) is 89.6 Å². The first-order valence-electron chi connectivity index (χ1n) is 12.5. The van der Waals surface area contributed by atoms with E-state index in [0.717, 1.165) is 28.1 Å². The number of para-hydroxylation sites is 2. The van der Waals surface area contributed by atoms with Gasteiger partial charge in [-0.1, -0.05) is 36.4 Å². The van der Waals surface area contributed by atoms with Crippen LogP contribution in [0.2, 0.25) is 0 Å². The molecule has 0 bridgehead atoms. The number of fused-ring (bicyclic) bond motifs is 2. The first-order chi connectivity index (χ1) is 18.4. The number of carbonyl (C=O) groups is 1. The van der Waals surface area contributed by atoms with Crippen molar-refractivity contribution in [2.45, 2.75) is 18.5 Å². The van der Waals surface area contributed by atoms with E-state index in [9.17, 15) is 18.0 Å². The Hall–Kier alpha value is -4.14. The Morgan fingerprint density at radius 3 is 2.53 bits per heavy atom. The largest absolute Gasteiger partial charge is 0.454 e. The van der Waals surface area contributed by atoms with Gasteiger partial charge in [0.2, 0.25) is 12.7 Å². The van der Waals surface area contributed by atoms with Crippen LogP contribution in [0.15, 0.2) is 72.9 Å². The number of piperazine rings is 1. The SMILES string of the molecule is O=C(CC(c1cccc2c1OCO2)c1c[nH]c2ccccc12)N1CCN(c2cccc(C(F)(F)F)c2)CC1. The number of ether oxygens (including phenoxy) is 2. The lowest BCUT2D eigenvalue weighted by molar-refractivity contribution is -0.137. The van der Waals surface area contributed by atoms with E-state index in [1.807, 2.05) is 53.6 Å². The molecule has 3 aromatic carbocycles. The molecule has 2 aliphatic rings. The molecule has 4 aromatic rings. The minimum absolute atomic E-state index is 0.0134. The Balaban J connectivity index is 1.23. The second-order valence-corrected chi connectivity index (χ2v) is 9.54. The fourth-order valence-corrected chi connectivity index (χ4v) is 5.39. The number of alkyl halides is 3. The van der Waals surface area contributed by atoms with Crippen molar-refractivity contribution in [3.63, 3.8) is 0 Å². The van der Waals surface area contributed by atoms with Gasteiger partial charge in [-0.05, 0) is 35.9 Å². The number of anilines is 1. The third-order valence-corrected chi connectivity index (χ3v) is 7.35. The van der Waals surface area contributed by atoms with Gasteiger partial charge in [0, 0.05) is 66.9 Å². The average Bonchev–Trinajstić information content (AvgIpc) is 3.59. The summed E-state index contributed by atoms with van der Waals surface area (Å²) in [5.74, 6) is 1.04. The first-order valence-corrected chi connectivity index (χ1v) is 12.5. The van der Waals surface area contributed by atoms with Gasteiger partial charge in [-0.3, -0.25) is 4.79 Å². The molecule has 0 aliphatic carbocycles. The van der Waals surface area contributed by atoms with Crippen molar-refractivity contribution in [1.29, 1.82) is 0 Å². The Morgan fingerprint density at radius 2 is 1.71 bits per heavy atom. The highest BCUT2D eigenvalue weighted by Gasteiger charge is 2.33. The number of hydrogen-bond donors (Lipinski definition) is 1. The third-order valence-electron chi connectivity index (χ3n) is 7.35. The van der Waals surface area contributed by atoms with E-state index in [1.165, 1.54) is 12.1 Å². The number of nitrogens with zero attached hydrogens (tertiary/aromatic N) is 2. The van der Waals surface area contributed by atoms with Crippen molar-refractivity contribution in [3.8, 4) is 11.5 Å². The molecular weight excluding hydrogens is 495 g/mol. The van der Waals surface area contributed by atoms with Gasteiger partial charge >= 0.3 is 6.18 Å². The van der Waals surface area contributed by atoms with Crippen LogP contribution in [0.5, 0.6) is 11.5 Å². The van der Waals surface area contributed by atoms with E-state index in [1.54, 1.807) is 11.0 Å². The van der Waals surface area contributed by atoms with Gasteiger partial charge in [0.1, 0.15) is 0 Å². The normalized spacial score (nSPS) is 16.2. The van der Waals surface area contributed by atoms with Gasteiger partial charge in [0.25, 0.3) is 0 Å². The summed E-state index contributed by atoms with van der Waals surface area (Å²) in [7, 11) is 0. The molecule has 2 aliphatic heterocycles.